The minimum Gasteiger partial charge on any atom is -0.369 e. The van der Waals surface area contributed by atoms with Crippen LogP contribution in [0.25, 0.3) is 0 Å². The predicted octanol–water partition coefficient (Wildman–Crippen LogP) is 5.32. The van der Waals surface area contributed by atoms with E-state index in [4.69, 9.17) is 11.6 Å². The van der Waals surface area contributed by atoms with Gasteiger partial charge in [-0.05, 0) is 49.9 Å². The number of nitrogens with zero attached hydrogens (tertiary/aromatic N) is 4. The summed E-state index contributed by atoms with van der Waals surface area (Å²) in [6, 6.07) is 7.20. The van der Waals surface area contributed by atoms with Crippen molar-refractivity contribution in [2.24, 2.45) is 5.10 Å². The number of halogens is 1. The molecule has 1 N–H and O–H groups in total. The zero-order valence-electron chi connectivity index (χ0n) is 17.0. The third kappa shape index (κ3) is 4.06. The van der Waals surface area contributed by atoms with Crippen LogP contribution in [0.1, 0.15) is 44.2 Å². The monoisotopic (exact) mass is 431 g/mol. The molecule has 30 heavy (non-hydrogen) atoms. The molecule has 1 atom stereocenters. The molecule has 0 spiro atoms. The van der Waals surface area contributed by atoms with Crippen LogP contribution in [0.5, 0.6) is 0 Å². The molecule has 0 aliphatic carbocycles. The molecule has 0 amide bonds. The van der Waals surface area contributed by atoms with Gasteiger partial charge in [-0.3, -0.25) is 25.7 Å². The Hall–Kier alpha value is -3.20. The summed E-state index contributed by atoms with van der Waals surface area (Å²) < 4.78 is 0. The fourth-order valence-corrected chi connectivity index (χ4v) is 3.96. The van der Waals surface area contributed by atoms with E-state index in [0.717, 1.165) is 23.7 Å². The summed E-state index contributed by atoms with van der Waals surface area (Å²) >= 11 is 6.46. The number of benzene rings is 2. The maximum Gasteiger partial charge on any atom is 0.301 e. The van der Waals surface area contributed by atoms with Gasteiger partial charge in [0.1, 0.15) is 5.69 Å². The molecular formula is C20H22ClN5O4. The van der Waals surface area contributed by atoms with Gasteiger partial charge >= 0.3 is 5.69 Å². The van der Waals surface area contributed by atoms with Crippen molar-refractivity contribution in [2.45, 2.75) is 38.6 Å². The normalized spacial score (nSPS) is 17.6. The summed E-state index contributed by atoms with van der Waals surface area (Å²) in [6.07, 6.45) is 2.47. The summed E-state index contributed by atoms with van der Waals surface area (Å²) in [5, 5.41) is 26.6. The molecule has 0 saturated carbocycles. The molecule has 2 aromatic carbocycles. The lowest BCUT2D eigenvalue weighted by molar-refractivity contribution is -0.393. The van der Waals surface area contributed by atoms with Gasteiger partial charge in [0, 0.05) is 29.9 Å². The SMILES string of the molecule is C[C@H]1CC(C)(C)N(C)c2cc(Cl)c(/C=N\Nc3ccc([N+](=O)[O-])cc3[N+](=O)[O-])cc21. The number of fused-ring (bicyclic) bond motifs is 1. The highest BCUT2D eigenvalue weighted by atomic mass is 35.5. The Kier molecular flexibility index (Phi) is 5.67. The van der Waals surface area contributed by atoms with Crippen molar-refractivity contribution in [3.05, 3.63) is 66.7 Å². The Labute approximate surface area is 178 Å². The topological polar surface area (TPSA) is 114 Å². The van der Waals surface area contributed by atoms with Crippen molar-refractivity contribution in [1.29, 1.82) is 0 Å². The van der Waals surface area contributed by atoms with Gasteiger partial charge in [-0.15, -0.1) is 0 Å². The number of non-ortho nitro benzene ring substituents is 1. The zero-order chi connectivity index (χ0) is 22.2. The number of nitrogens with one attached hydrogen (secondary N) is 1. The summed E-state index contributed by atoms with van der Waals surface area (Å²) in [7, 11) is 2.05. The van der Waals surface area contributed by atoms with Crippen LogP contribution in [0.4, 0.5) is 22.7 Å². The average molecular weight is 432 g/mol. The summed E-state index contributed by atoms with van der Waals surface area (Å²) in [4.78, 5) is 22.9. The van der Waals surface area contributed by atoms with Crippen LogP contribution < -0.4 is 10.3 Å². The molecule has 1 aliphatic heterocycles. The standard InChI is InChI=1S/C20H22ClN5O4/c1-12-10-20(2,3)24(4)18-9-16(21)13(7-15(12)18)11-22-23-17-6-5-14(25(27)28)8-19(17)26(29)30/h5-9,11-12,23H,10H2,1-4H3/b22-11-/t12-/m0/s1. The molecule has 1 aliphatic rings. The summed E-state index contributed by atoms with van der Waals surface area (Å²) in [5.74, 6) is 0.333. The largest absolute Gasteiger partial charge is 0.369 e. The lowest BCUT2D eigenvalue weighted by atomic mass is 9.80. The van der Waals surface area contributed by atoms with Gasteiger partial charge < -0.3 is 4.90 Å². The second-order valence-corrected chi connectivity index (χ2v) is 8.40. The highest BCUT2D eigenvalue weighted by molar-refractivity contribution is 6.33. The van der Waals surface area contributed by atoms with Crippen LogP contribution in [-0.4, -0.2) is 28.6 Å². The molecule has 1 heterocycles. The van der Waals surface area contributed by atoms with E-state index >= 15 is 0 Å². The smallest absolute Gasteiger partial charge is 0.301 e. The van der Waals surface area contributed by atoms with Crippen molar-refractivity contribution in [3.63, 3.8) is 0 Å². The predicted molar refractivity (Wildman–Crippen MR) is 118 cm³/mol. The number of anilines is 2. The van der Waals surface area contributed by atoms with Crippen LogP contribution in [0.3, 0.4) is 0 Å². The average Bonchev–Trinajstić information content (AvgIpc) is 2.66. The van der Waals surface area contributed by atoms with E-state index in [9.17, 15) is 20.2 Å². The molecule has 10 heteroatoms. The van der Waals surface area contributed by atoms with Gasteiger partial charge in [0.05, 0.1) is 27.2 Å². The Morgan fingerprint density at radius 1 is 1.23 bits per heavy atom. The molecular weight excluding hydrogens is 410 g/mol. The number of rotatable bonds is 5. The van der Waals surface area contributed by atoms with Crippen LogP contribution in [-0.2, 0) is 0 Å². The highest BCUT2D eigenvalue weighted by Gasteiger charge is 2.34. The molecule has 0 saturated heterocycles. The number of nitro benzene ring substituents is 2. The minimum atomic E-state index is -0.698. The molecule has 0 bridgehead atoms. The minimum absolute atomic E-state index is 0.0156. The first-order chi connectivity index (χ1) is 14.0. The first-order valence-corrected chi connectivity index (χ1v) is 9.68. The molecule has 0 unspecified atom stereocenters. The van der Waals surface area contributed by atoms with Crippen LogP contribution in [0, 0.1) is 20.2 Å². The maximum atomic E-state index is 11.2. The van der Waals surface area contributed by atoms with Crippen molar-refractivity contribution < 1.29 is 9.85 Å². The van der Waals surface area contributed by atoms with Gasteiger partial charge in [-0.2, -0.15) is 5.10 Å². The summed E-state index contributed by atoms with van der Waals surface area (Å²) in [6.45, 7) is 6.55. The number of nitro groups is 2. The molecule has 3 rings (SSSR count). The first-order valence-electron chi connectivity index (χ1n) is 9.30. The Morgan fingerprint density at radius 2 is 1.93 bits per heavy atom. The number of hydrazone groups is 1. The van der Waals surface area contributed by atoms with E-state index in [1.807, 2.05) is 19.2 Å². The molecule has 158 valence electrons. The van der Waals surface area contributed by atoms with Crippen molar-refractivity contribution in [3.8, 4) is 0 Å². The van der Waals surface area contributed by atoms with E-state index in [2.05, 4.69) is 36.2 Å². The van der Waals surface area contributed by atoms with E-state index in [-0.39, 0.29) is 16.9 Å². The molecule has 0 radical (unpaired) electrons. The molecule has 2 aromatic rings. The van der Waals surface area contributed by atoms with Crippen molar-refractivity contribution >= 4 is 40.6 Å². The Balaban J connectivity index is 1.89. The summed E-state index contributed by atoms with van der Waals surface area (Å²) in [5.41, 5.74) is 4.75. The van der Waals surface area contributed by atoms with Gasteiger partial charge in [0.15, 0.2) is 0 Å². The van der Waals surface area contributed by atoms with E-state index in [0.29, 0.717) is 16.5 Å². The number of hydrogen-bond acceptors (Lipinski definition) is 7. The Bertz CT molecular complexity index is 1050. The van der Waals surface area contributed by atoms with Crippen LogP contribution in [0.2, 0.25) is 5.02 Å². The lowest BCUT2D eigenvalue weighted by Crippen LogP contribution is -2.45. The lowest BCUT2D eigenvalue weighted by Gasteiger charge is -2.45. The van der Waals surface area contributed by atoms with Gasteiger partial charge in [-0.1, -0.05) is 18.5 Å². The van der Waals surface area contributed by atoms with Crippen molar-refractivity contribution in [1.82, 2.24) is 0 Å². The second kappa shape index (κ2) is 7.91. The molecule has 0 aromatic heterocycles. The molecule has 9 nitrogen and oxygen atoms in total. The highest BCUT2D eigenvalue weighted by Crippen LogP contribution is 2.44. The third-order valence-corrected chi connectivity index (χ3v) is 5.86. The van der Waals surface area contributed by atoms with Crippen molar-refractivity contribution in [2.75, 3.05) is 17.4 Å². The van der Waals surface area contributed by atoms with E-state index < -0.39 is 15.5 Å². The fraction of sp³-hybridized carbons (Fsp3) is 0.350. The Morgan fingerprint density at radius 3 is 2.57 bits per heavy atom. The van der Waals surface area contributed by atoms with Gasteiger partial charge in [0.25, 0.3) is 5.69 Å². The quantitative estimate of drug-likeness (QED) is 0.389. The van der Waals surface area contributed by atoms with Gasteiger partial charge in [-0.25, -0.2) is 0 Å². The van der Waals surface area contributed by atoms with Crippen LogP contribution >= 0.6 is 11.6 Å². The molecule has 0 fully saturated rings. The van der Waals surface area contributed by atoms with Crippen LogP contribution in [0.15, 0.2) is 35.4 Å². The van der Waals surface area contributed by atoms with E-state index in [1.54, 1.807) is 0 Å². The third-order valence-electron chi connectivity index (χ3n) is 5.53. The maximum absolute atomic E-state index is 11.2. The fourth-order valence-electron chi connectivity index (χ4n) is 3.75. The number of hydrogen-bond donors (Lipinski definition) is 1. The second-order valence-electron chi connectivity index (χ2n) is 7.99. The zero-order valence-corrected chi connectivity index (χ0v) is 17.8. The van der Waals surface area contributed by atoms with E-state index in [1.165, 1.54) is 18.3 Å². The first kappa shape index (κ1) is 21.5. The van der Waals surface area contributed by atoms with Gasteiger partial charge in [0.2, 0.25) is 0 Å².